The van der Waals surface area contributed by atoms with Crippen LogP contribution >= 0.6 is 0 Å². The highest BCUT2D eigenvalue weighted by atomic mass is 32.2. The predicted molar refractivity (Wildman–Crippen MR) is 82.9 cm³/mol. The lowest BCUT2D eigenvalue weighted by atomic mass is 10.1. The molecular formula is C14H23N3O3S. The Morgan fingerprint density at radius 2 is 2.14 bits per heavy atom. The average molecular weight is 313 g/mol. The van der Waals surface area contributed by atoms with E-state index >= 15 is 0 Å². The van der Waals surface area contributed by atoms with Crippen LogP contribution in [-0.2, 0) is 10.0 Å². The maximum Gasteiger partial charge on any atom is 0.246 e. The molecule has 0 saturated carbocycles. The summed E-state index contributed by atoms with van der Waals surface area (Å²) < 4.78 is 32.3. The van der Waals surface area contributed by atoms with Crippen molar-refractivity contribution in [2.75, 3.05) is 40.0 Å². The van der Waals surface area contributed by atoms with E-state index < -0.39 is 10.0 Å². The maximum atomic E-state index is 12.8. The number of hydrogen-bond acceptors (Lipinski definition) is 5. The molecule has 118 valence electrons. The topological polar surface area (TPSA) is 75.9 Å². The third kappa shape index (κ3) is 3.30. The predicted octanol–water partition coefficient (Wildman–Crippen LogP) is 0.992. The minimum Gasteiger partial charge on any atom is -0.495 e. The number of nitrogen functional groups attached to an aromatic ring is 1. The van der Waals surface area contributed by atoms with Gasteiger partial charge in [-0.25, -0.2) is 8.42 Å². The molecule has 0 aliphatic carbocycles. The molecule has 1 saturated heterocycles. The first-order valence-electron chi connectivity index (χ1n) is 6.96. The van der Waals surface area contributed by atoms with Crippen molar-refractivity contribution in [1.82, 2.24) is 9.21 Å². The molecule has 1 unspecified atom stereocenters. The van der Waals surface area contributed by atoms with Gasteiger partial charge in [0.25, 0.3) is 0 Å². The van der Waals surface area contributed by atoms with E-state index in [1.165, 1.54) is 17.5 Å². The van der Waals surface area contributed by atoms with Gasteiger partial charge in [0.15, 0.2) is 0 Å². The fraction of sp³-hybridized carbons (Fsp3) is 0.571. The van der Waals surface area contributed by atoms with E-state index in [0.29, 0.717) is 11.4 Å². The molecule has 1 aliphatic heterocycles. The zero-order valence-corrected chi connectivity index (χ0v) is 13.6. The zero-order valence-electron chi connectivity index (χ0n) is 12.7. The molecule has 1 atom stereocenters. The maximum absolute atomic E-state index is 12.8. The normalized spacial score (nSPS) is 20.7. The van der Waals surface area contributed by atoms with Crippen molar-refractivity contribution in [2.24, 2.45) is 0 Å². The molecule has 1 aliphatic rings. The van der Waals surface area contributed by atoms with Crippen molar-refractivity contribution < 1.29 is 13.2 Å². The third-order valence-electron chi connectivity index (χ3n) is 3.96. The Balaban J connectivity index is 2.35. The Morgan fingerprint density at radius 3 is 2.76 bits per heavy atom. The molecule has 1 heterocycles. The van der Waals surface area contributed by atoms with Gasteiger partial charge in [-0.1, -0.05) is 0 Å². The Hall–Kier alpha value is -1.31. The highest BCUT2D eigenvalue weighted by molar-refractivity contribution is 7.89. The first-order valence-corrected chi connectivity index (χ1v) is 8.40. The van der Waals surface area contributed by atoms with Gasteiger partial charge in [-0.2, -0.15) is 4.31 Å². The van der Waals surface area contributed by atoms with Crippen LogP contribution in [0.25, 0.3) is 0 Å². The third-order valence-corrected chi connectivity index (χ3v) is 5.89. The zero-order chi connectivity index (χ0) is 15.6. The van der Waals surface area contributed by atoms with Crippen molar-refractivity contribution in [1.29, 1.82) is 0 Å². The fourth-order valence-corrected chi connectivity index (χ4v) is 4.25. The van der Waals surface area contributed by atoms with Crippen LogP contribution in [0.5, 0.6) is 5.75 Å². The molecule has 1 fully saturated rings. The first-order chi connectivity index (χ1) is 9.86. The number of likely N-dealkylation sites (tertiary alicyclic amines) is 1. The lowest BCUT2D eigenvalue weighted by molar-refractivity contribution is 0.187. The van der Waals surface area contributed by atoms with Crippen molar-refractivity contribution in [3.8, 4) is 5.75 Å². The van der Waals surface area contributed by atoms with Gasteiger partial charge >= 0.3 is 0 Å². The summed E-state index contributed by atoms with van der Waals surface area (Å²) in [5, 5.41) is 0. The van der Waals surface area contributed by atoms with E-state index in [1.54, 1.807) is 19.2 Å². The average Bonchev–Trinajstić information content (AvgIpc) is 2.46. The molecule has 0 amide bonds. The standard InChI is InChI=1S/C14H23N3O3S/c1-16-8-4-5-12(10-16)17(2)21(18,19)14-9-11(15)6-7-13(14)20-3/h6-7,9,12H,4-5,8,10,15H2,1-3H3. The molecule has 0 aromatic heterocycles. The highest BCUT2D eigenvalue weighted by Crippen LogP contribution is 2.30. The molecule has 7 heteroatoms. The van der Waals surface area contributed by atoms with Crippen molar-refractivity contribution in [2.45, 2.75) is 23.8 Å². The van der Waals surface area contributed by atoms with E-state index in [2.05, 4.69) is 4.90 Å². The first kappa shape index (κ1) is 16.1. The number of nitrogens with two attached hydrogens (primary N) is 1. The fourth-order valence-electron chi connectivity index (χ4n) is 2.68. The minimum absolute atomic E-state index is 0.0279. The van der Waals surface area contributed by atoms with Crippen LogP contribution in [0.1, 0.15) is 12.8 Å². The quantitative estimate of drug-likeness (QED) is 0.839. The van der Waals surface area contributed by atoms with Crippen molar-refractivity contribution >= 4 is 15.7 Å². The summed E-state index contributed by atoms with van der Waals surface area (Å²) in [6.45, 7) is 1.74. The van der Waals surface area contributed by atoms with E-state index in [9.17, 15) is 8.42 Å². The summed E-state index contributed by atoms with van der Waals surface area (Å²) in [6.07, 6.45) is 1.86. The molecule has 0 bridgehead atoms. The van der Waals surface area contributed by atoms with Crippen LogP contribution in [-0.4, -0.2) is 58.0 Å². The van der Waals surface area contributed by atoms with Gasteiger partial charge in [-0.05, 0) is 44.6 Å². The lowest BCUT2D eigenvalue weighted by Gasteiger charge is -2.35. The second-order valence-corrected chi connectivity index (χ2v) is 7.46. The Morgan fingerprint density at radius 1 is 1.43 bits per heavy atom. The number of rotatable bonds is 4. The van der Waals surface area contributed by atoms with Gasteiger partial charge in [0.05, 0.1) is 7.11 Å². The van der Waals surface area contributed by atoms with Crippen molar-refractivity contribution in [3.63, 3.8) is 0 Å². The second-order valence-electron chi connectivity index (χ2n) is 5.49. The SMILES string of the molecule is COc1ccc(N)cc1S(=O)(=O)N(C)C1CCCN(C)C1. The van der Waals surface area contributed by atoms with Crippen LogP contribution in [0.2, 0.25) is 0 Å². The number of ether oxygens (including phenoxy) is 1. The van der Waals surface area contributed by atoms with E-state index in [0.717, 1.165) is 25.9 Å². The number of benzene rings is 1. The Kier molecular flexibility index (Phi) is 4.75. The van der Waals surface area contributed by atoms with Gasteiger partial charge < -0.3 is 15.4 Å². The second kappa shape index (κ2) is 6.21. The molecule has 1 aromatic rings. The van der Waals surface area contributed by atoms with Crippen LogP contribution in [0.4, 0.5) is 5.69 Å². The Bertz CT molecular complexity index is 603. The largest absolute Gasteiger partial charge is 0.495 e. The summed E-state index contributed by atoms with van der Waals surface area (Å²) in [4.78, 5) is 2.28. The van der Waals surface area contributed by atoms with Gasteiger partial charge in [0, 0.05) is 25.3 Å². The number of likely N-dealkylation sites (N-methyl/N-ethyl adjacent to an activating group) is 2. The lowest BCUT2D eigenvalue weighted by Crippen LogP contribution is -2.47. The van der Waals surface area contributed by atoms with Crippen molar-refractivity contribution in [3.05, 3.63) is 18.2 Å². The molecule has 1 aromatic carbocycles. The van der Waals surface area contributed by atoms with Crippen LogP contribution in [0.3, 0.4) is 0 Å². The van der Waals surface area contributed by atoms with E-state index in [-0.39, 0.29) is 10.9 Å². The van der Waals surface area contributed by atoms with E-state index in [4.69, 9.17) is 10.5 Å². The minimum atomic E-state index is -3.63. The molecule has 0 spiro atoms. The molecule has 21 heavy (non-hydrogen) atoms. The number of anilines is 1. The van der Waals surface area contributed by atoms with E-state index in [1.807, 2.05) is 7.05 Å². The van der Waals surface area contributed by atoms with Gasteiger partial charge in [-0.15, -0.1) is 0 Å². The van der Waals surface area contributed by atoms with Gasteiger partial charge in [0.1, 0.15) is 10.6 Å². The molecule has 0 radical (unpaired) electrons. The smallest absolute Gasteiger partial charge is 0.246 e. The molecular weight excluding hydrogens is 290 g/mol. The number of sulfonamides is 1. The van der Waals surface area contributed by atoms with Gasteiger partial charge in [-0.3, -0.25) is 0 Å². The summed E-state index contributed by atoms with van der Waals surface area (Å²) in [7, 11) is 1.47. The number of nitrogens with zero attached hydrogens (tertiary/aromatic N) is 2. The monoisotopic (exact) mass is 313 g/mol. The summed E-state index contributed by atoms with van der Waals surface area (Å²) in [6, 6.07) is 4.65. The van der Waals surface area contributed by atoms with Gasteiger partial charge in [0.2, 0.25) is 10.0 Å². The number of piperidine rings is 1. The summed E-state index contributed by atoms with van der Waals surface area (Å²) in [5.74, 6) is 0.320. The summed E-state index contributed by atoms with van der Waals surface area (Å²) >= 11 is 0. The summed E-state index contributed by atoms with van der Waals surface area (Å²) in [5.41, 5.74) is 6.14. The van der Waals surface area contributed by atoms with Crippen LogP contribution in [0, 0.1) is 0 Å². The highest BCUT2D eigenvalue weighted by Gasteiger charge is 2.32. The number of hydrogen-bond donors (Lipinski definition) is 1. The molecule has 2 N–H and O–H groups in total. The molecule has 6 nitrogen and oxygen atoms in total. The molecule has 2 rings (SSSR count). The van der Waals surface area contributed by atoms with Crippen LogP contribution < -0.4 is 10.5 Å². The number of methoxy groups -OCH3 is 1. The van der Waals surface area contributed by atoms with Crippen LogP contribution in [0.15, 0.2) is 23.1 Å². The Labute approximate surface area is 126 Å².